The zero-order valence-electron chi connectivity index (χ0n) is 13.5. The van der Waals surface area contributed by atoms with Crippen LogP contribution in [0.1, 0.15) is 12.5 Å². The zero-order chi connectivity index (χ0) is 16.4. The highest BCUT2D eigenvalue weighted by molar-refractivity contribution is 6.30. The Labute approximate surface area is 141 Å². The number of halogens is 1. The average Bonchev–Trinajstić information content (AvgIpc) is 2.96. The summed E-state index contributed by atoms with van der Waals surface area (Å²) in [6, 6.07) is 10.1. The molecule has 4 nitrogen and oxygen atoms in total. The van der Waals surface area contributed by atoms with E-state index in [4.69, 9.17) is 11.6 Å². The maximum atomic E-state index is 6.19. The summed E-state index contributed by atoms with van der Waals surface area (Å²) in [7, 11) is 3.87. The lowest BCUT2D eigenvalue weighted by Gasteiger charge is -2.06. The van der Waals surface area contributed by atoms with Crippen LogP contribution in [-0.4, -0.2) is 21.6 Å². The molecule has 0 aliphatic heterocycles. The van der Waals surface area contributed by atoms with E-state index in [9.17, 15) is 0 Å². The number of aryl methyl sites for hydroxylation is 2. The van der Waals surface area contributed by atoms with Crippen LogP contribution in [0, 0.1) is 0 Å². The average molecular weight is 327 g/mol. The molecule has 0 amide bonds. The number of benzene rings is 1. The predicted octanol–water partition coefficient (Wildman–Crippen LogP) is 4.41. The first-order chi connectivity index (χ1) is 11.1. The Bertz CT molecular complexity index is 839. The van der Waals surface area contributed by atoms with E-state index in [0.29, 0.717) is 0 Å². The summed E-state index contributed by atoms with van der Waals surface area (Å²) in [6.45, 7) is 2.15. The molecule has 0 aliphatic carbocycles. The summed E-state index contributed by atoms with van der Waals surface area (Å²) in [5.74, 6) is 0.801. The number of anilines is 1. The Balaban J connectivity index is 2.09. The zero-order valence-corrected chi connectivity index (χ0v) is 14.2. The summed E-state index contributed by atoms with van der Waals surface area (Å²) in [5, 5.41) is 3.79. The predicted molar refractivity (Wildman–Crippen MR) is 95.8 cm³/mol. The first-order valence-electron chi connectivity index (χ1n) is 7.57. The number of hydrogen-bond donors (Lipinski definition) is 1. The van der Waals surface area contributed by atoms with Crippen LogP contribution >= 0.6 is 11.6 Å². The van der Waals surface area contributed by atoms with Gasteiger partial charge in [0.05, 0.1) is 11.4 Å². The van der Waals surface area contributed by atoms with Crippen LogP contribution in [0.4, 0.5) is 5.82 Å². The standard InChI is InChI=1S/C18H19ClN4/c1-4-12-5-6-14(19)8-15(12)13-7-17(23(3)10-13)16-9-18(20-2)22-11-21-16/h5-11H,4H2,1-3H3,(H,20,21,22). The van der Waals surface area contributed by atoms with Gasteiger partial charge in [-0.25, -0.2) is 9.97 Å². The van der Waals surface area contributed by atoms with Crippen molar-refractivity contribution >= 4 is 17.4 Å². The van der Waals surface area contributed by atoms with Crippen molar-refractivity contribution in [3.8, 4) is 22.5 Å². The molecular formula is C18H19ClN4. The second-order valence-electron chi connectivity index (χ2n) is 5.42. The Morgan fingerprint density at radius 2 is 2.00 bits per heavy atom. The van der Waals surface area contributed by atoms with Gasteiger partial charge in [-0.15, -0.1) is 0 Å². The number of nitrogens with zero attached hydrogens (tertiary/aromatic N) is 3. The van der Waals surface area contributed by atoms with E-state index in [0.717, 1.165) is 34.2 Å². The van der Waals surface area contributed by atoms with Gasteiger partial charge in [-0.3, -0.25) is 0 Å². The van der Waals surface area contributed by atoms with E-state index in [-0.39, 0.29) is 0 Å². The SMILES string of the molecule is CCc1ccc(Cl)cc1-c1cc(-c2cc(NC)ncn2)n(C)c1. The Morgan fingerprint density at radius 3 is 2.74 bits per heavy atom. The first kappa shape index (κ1) is 15.6. The first-order valence-corrected chi connectivity index (χ1v) is 7.95. The largest absolute Gasteiger partial charge is 0.373 e. The van der Waals surface area contributed by atoms with E-state index in [1.165, 1.54) is 11.1 Å². The van der Waals surface area contributed by atoms with E-state index in [2.05, 4.69) is 45.1 Å². The van der Waals surface area contributed by atoms with Crippen LogP contribution in [-0.2, 0) is 13.5 Å². The van der Waals surface area contributed by atoms with E-state index < -0.39 is 0 Å². The molecule has 0 saturated heterocycles. The Morgan fingerprint density at radius 1 is 1.17 bits per heavy atom. The van der Waals surface area contributed by atoms with Crippen molar-refractivity contribution < 1.29 is 0 Å². The van der Waals surface area contributed by atoms with Crippen LogP contribution in [0.5, 0.6) is 0 Å². The van der Waals surface area contributed by atoms with Crippen molar-refractivity contribution in [2.45, 2.75) is 13.3 Å². The number of hydrogen-bond acceptors (Lipinski definition) is 3. The Hall–Kier alpha value is -2.33. The third-order valence-electron chi connectivity index (χ3n) is 3.95. The quantitative estimate of drug-likeness (QED) is 0.772. The van der Waals surface area contributed by atoms with Crippen molar-refractivity contribution in [2.75, 3.05) is 12.4 Å². The van der Waals surface area contributed by atoms with Crippen LogP contribution in [0.15, 0.2) is 42.9 Å². The summed E-state index contributed by atoms with van der Waals surface area (Å²) >= 11 is 6.19. The highest BCUT2D eigenvalue weighted by atomic mass is 35.5. The molecule has 2 aromatic heterocycles. The highest BCUT2D eigenvalue weighted by Gasteiger charge is 2.12. The second-order valence-corrected chi connectivity index (χ2v) is 5.85. The fourth-order valence-electron chi connectivity index (χ4n) is 2.73. The van der Waals surface area contributed by atoms with Gasteiger partial charge < -0.3 is 9.88 Å². The van der Waals surface area contributed by atoms with Gasteiger partial charge in [-0.1, -0.05) is 24.6 Å². The molecule has 1 N–H and O–H groups in total. The number of rotatable bonds is 4. The molecule has 0 unspecified atom stereocenters. The maximum Gasteiger partial charge on any atom is 0.129 e. The van der Waals surface area contributed by atoms with E-state index in [1.807, 2.05) is 32.3 Å². The number of aromatic nitrogens is 3. The molecule has 0 aliphatic rings. The number of nitrogens with one attached hydrogen (secondary N) is 1. The van der Waals surface area contributed by atoms with Gasteiger partial charge in [0.15, 0.2) is 0 Å². The van der Waals surface area contributed by atoms with Crippen molar-refractivity contribution in [3.63, 3.8) is 0 Å². The summed E-state index contributed by atoms with van der Waals surface area (Å²) < 4.78 is 2.08. The van der Waals surface area contributed by atoms with Gasteiger partial charge in [0.25, 0.3) is 0 Å². The van der Waals surface area contributed by atoms with Gasteiger partial charge >= 0.3 is 0 Å². The van der Waals surface area contributed by atoms with Crippen molar-refractivity contribution in [2.24, 2.45) is 7.05 Å². The maximum absolute atomic E-state index is 6.19. The molecule has 1 aromatic carbocycles. The lowest BCUT2D eigenvalue weighted by Crippen LogP contribution is -1.96. The van der Waals surface area contributed by atoms with Crippen LogP contribution < -0.4 is 5.32 Å². The fourth-order valence-corrected chi connectivity index (χ4v) is 2.90. The molecular weight excluding hydrogens is 308 g/mol. The molecule has 0 saturated carbocycles. The van der Waals surface area contributed by atoms with Crippen LogP contribution in [0.25, 0.3) is 22.5 Å². The molecule has 0 bridgehead atoms. The molecule has 0 radical (unpaired) electrons. The summed E-state index contributed by atoms with van der Waals surface area (Å²) in [4.78, 5) is 8.56. The minimum absolute atomic E-state index is 0.752. The molecule has 0 atom stereocenters. The molecule has 118 valence electrons. The monoisotopic (exact) mass is 326 g/mol. The topological polar surface area (TPSA) is 42.7 Å². The van der Waals surface area contributed by atoms with Gasteiger partial charge in [0, 0.05) is 36.9 Å². The summed E-state index contributed by atoms with van der Waals surface area (Å²) in [6.07, 6.45) is 4.65. The molecule has 2 heterocycles. The smallest absolute Gasteiger partial charge is 0.129 e. The van der Waals surface area contributed by atoms with Crippen LogP contribution in [0.2, 0.25) is 5.02 Å². The van der Waals surface area contributed by atoms with Crippen molar-refractivity contribution in [3.05, 3.63) is 53.4 Å². The van der Waals surface area contributed by atoms with Gasteiger partial charge in [-0.2, -0.15) is 0 Å². The minimum Gasteiger partial charge on any atom is -0.373 e. The van der Waals surface area contributed by atoms with Gasteiger partial charge in [0.1, 0.15) is 12.1 Å². The summed E-state index contributed by atoms with van der Waals surface area (Å²) in [5.41, 5.74) is 5.53. The van der Waals surface area contributed by atoms with Gasteiger partial charge in [0.2, 0.25) is 0 Å². The lowest BCUT2D eigenvalue weighted by molar-refractivity contribution is 0.929. The van der Waals surface area contributed by atoms with E-state index >= 15 is 0 Å². The fraction of sp³-hybridized carbons (Fsp3) is 0.222. The lowest BCUT2D eigenvalue weighted by atomic mass is 10.00. The molecule has 0 spiro atoms. The Kier molecular flexibility index (Phi) is 4.35. The third-order valence-corrected chi connectivity index (χ3v) is 4.19. The normalized spacial score (nSPS) is 10.8. The van der Waals surface area contributed by atoms with Gasteiger partial charge in [-0.05, 0) is 35.7 Å². The molecule has 3 rings (SSSR count). The molecule has 23 heavy (non-hydrogen) atoms. The molecule has 3 aromatic rings. The minimum atomic E-state index is 0.752. The van der Waals surface area contributed by atoms with Crippen molar-refractivity contribution in [1.82, 2.24) is 14.5 Å². The molecule has 5 heteroatoms. The van der Waals surface area contributed by atoms with Crippen molar-refractivity contribution in [1.29, 1.82) is 0 Å². The second kappa shape index (κ2) is 6.42. The third kappa shape index (κ3) is 3.08. The molecule has 0 fully saturated rings. The highest BCUT2D eigenvalue weighted by Crippen LogP contribution is 2.31. The van der Waals surface area contributed by atoms with Crippen LogP contribution in [0.3, 0.4) is 0 Å². The van der Waals surface area contributed by atoms with E-state index in [1.54, 1.807) is 6.33 Å².